The number of nitrogens with zero attached hydrogens (tertiary/aromatic N) is 2. The van der Waals surface area contributed by atoms with Gasteiger partial charge in [-0.15, -0.1) is 4.91 Å². The van der Waals surface area contributed by atoms with Crippen LogP contribution in [0.2, 0.25) is 5.02 Å². The number of aromatic nitrogens is 1. The average Bonchev–Trinajstić information content (AvgIpc) is 2.88. The summed E-state index contributed by atoms with van der Waals surface area (Å²) in [7, 11) is 0. The summed E-state index contributed by atoms with van der Waals surface area (Å²) in [6, 6.07) is 16.5. The number of amides is 1. The molecule has 0 unspecified atom stereocenters. The molecule has 0 radical (unpaired) electrons. The fraction of sp³-hybridized carbons (Fsp3) is 0.111. The van der Waals surface area contributed by atoms with Crippen molar-refractivity contribution in [3.63, 3.8) is 0 Å². The lowest BCUT2D eigenvalue weighted by Gasteiger charge is -2.35. The number of alkyl halides is 3. The first-order chi connectivity index (χ1) is 18.0. The van der Waals surface area contributed by atoms with Gasteiger partial charge in [0.2, 0.25) is 0 Å². The molecule has 0 aliphatic rings. The number of pyridine rings is 1. The van der Waals surface area contributed by atoms with Gasteiger partial charge in [0, 0.05) is 24.2 Å². The summed E-state index contributed by atoms with van der Waals surface area (Å²) in [5.41, 5.74) is -3.34. The lowest BCUT2D eigenvalue weighted by atomic mass is 9.80. The standard InChI is InChI=1S/C27H17ClF5N3O2/c28-19-7-9-24(34-15-19)26(14-16-4-2-1-3-5-16,18-11-20(29)13-21(12-18)36-38)35-25(37)17-6-8-23(30)22(10-17)27(31,32)33/h1-13,15H,14H2,(H,35,37)/t26-/m0/s1. The average molecular weight is 546 g/mol. The van der Waals surface area contributed by atoms with E-state index in [2.05, 4.69) is 15.5 Å². The molecule has 38 heavy (non-hydrogen) atoms. The molecule has 0 bridgehead atoms. The van der Waals surface area contributed by atoms with E-state index >= 15 is 0 Å². The van der Waals surface area contributed by atoms with Crippen LogP contribution < -0.4 is 5.32 Å². The van der Waals surface area contributed by atoms with Gasteiger partial charge in [-0.25, -0.2) is 8.78 Å². The van der Waals surface area contributed by atoms with Crippen LogP contribution in [-0.4, -0.2) is 10.9 Å². The molecular weight excluding hydrogens is 529 g/mol. The van der Waals surface area contributed by atoms with Crippen LogP contribution in [0.4, 0.5) is 27.6 Å². The van der Waals surface area contributed by atoms with Crippen LogP contribution in [-0.2, 0) is 18.1 Å². The normalized spacial score (nSPS) is 13.0. The lowest BCUT2D eigenvalue weighted by Crippen LogP contribution is -2.49. The first-order valence-corrected chi connectivity index (χ1v) is 11.4. The van der Waals surface area contributed by atoms with Gasteiger partial charge in [0.1, 0.15) is 22.9 Å². The van der Waals surface area contributed by atoms with E-state index in [0.717, 1.165) is 18.2 Å². The van der Waals surface area contributed by atoms with Gasteiger partial charge in [0.05, 0.1) is 16.3 Å². The van der Waals surface area contributed by atoms with E-state index in [-0.39, 0.29) is 28.4 Å². The van der Waals surface area contributed by atoms with Crippen LogP contribution in [0.5, 0.6) is 0 Å². The maximum absolute atomic E-state index is 14.6. The van der Waals surface area contributed by atoms with Crippen molar-refractivity contribution in [3.05, 3.63) is 135 Å². The summed E-state index contributed by atoms with van der Waals surface area (Å²) < 4.78 is 68.5. The van der Waals surface area contributed by atoms with Crippen molar-refractivity contribution in [1.82, 2.24) is 10.3 Å². The Kier molecular flexibility index (Phi) is 7.54. The zero-order valence-corrected chi connectivity index (χ0v) is 20.0. The van der Waals surface area contributed by atoms with Crippen LogP contribution in [0.1, 0.15) is 32.7 Å². The van der Waals surface area contributed by atoms with Gasteiger partial charge >= 0.3 is 6.18 Å². The second kappa shape index (κ2) is 10.7. The van der Waals surface area contributed by atoms with Gasteiger partial charge in [-0.3, -0.25) is 9.78 Å². The Morgan fingerprint density at radius 2 is 1.68 bits per heavy atom. The van der Waals surface area contributed by atoms with Gasteiger partial charge in [-0.2, -0.15) is 13.2 Å². The van der Waals surface area contributed by atoms with Crippen molar-refractivity contribution < 1.29 is 26.7 Å². The number of carbonyl (C=O) groups is 1. The number of hydrogen-bond acceptors (Lipinski definition) is 4. The van der Waals surface area contributed by atoms with Crippen LogP contribution in [0.25, 0.3) is 0 Å². The predicted molar refractivity (Wildman–Crippen MR) is 131 cm³/mol. The molecule has 1 heterocycles. The van der Waals surface area contributed by atoms with Crippen molar-refractivity contribution in [2.75, 3.05) is 0 Å². The molecule has 4 aromatic rings. The topological polar surface area (TPSA) is 71.4 Å². The minimum absolute atomic E-state index is 0.0392. The molecule has 1 atom stereocenters. The SMILES string of the molecule is O=Nc1cc(F)cc([C@](Cc2ccccc2)(NC(=O)c2ccc(F)c(C(F)(F)F)c2)c2ccc(Cl)cn2)c1. The van der Waals surface area contributed by atoms with Crippen molar-refractivity contribution in [2.45, 2.75) is 18.1 Å². The van der Waals surface area contributed by atoms with E-state index in [9.17, 15) is 31.7 Å². The van der Waals surface area contributed by atoms with Crippen molar-refractivity contribution >= 4 is 23.2 Å². The summed E-state index contributed by atoms with van der Waals surface area (Å²) >= 11 is 6.01. The predicted octanol–water partition coefficient (Wildman–Crippen LogP) is 7.35. The zero-order valence-electron chi connectivity index (χ0n) is 19.3. The molecule has 0 spiro atoms. The van der Waals surface area contributed by atoms with E-state index in [0.29, 0.717) is 17.7 Å². The van der Waals surface area contributed by atoms with E-state index in [4.69, 9.17) is 11.6 Å². The highest BCUT2D eigenvalue weighted by Gasteiger charge is 2.40. The molecule has 1 amide bonds. The third kappa shape index (κ3) is 5.70. The lowest BCUT2D eigenvalue weighted by molar-refractivity contribution is -0.140. The number of halogens is 6. The van der Waals surface area contributed by atoms with Crippen LogP contribution >= 0.6 is 11.6 Å². The molecule has 0 saturated heterocycles. The Morgan fingerprint density at radius 3 is 2.32 bits per heavy atom. The molecule has 0 saturated carbocycles. The molecule has 5 nitrogen and oxygen atoms in total. The minimum atomic E-state index is -5.05. The molecule has 4 rings (SSSR count). The maximum atomic E-state index is 14.6. The smallest absolute Gasteiger partial charge is 0.337 e. The highest BCUT2D eigenvalue weighted by atomic mass is 35.5. The molecule has 0 aliphatic carbocycles. The van der Waals surface area contributed by atoms with Crippen molar-refractivity contribution in [2.24, 2.45) is 5.18 Å². The number of nitrogens with one attached hydrogen (secondary N) is 1. The second-order valence-corrected chi connectivity index (χ2v) is 8.80. The number of hydrogen-bond donors (Lipinski definition) is 1. The first kappa shape index (κ1) is 26.9. The van der Waals surface area contributed by atoms with E-state index in [1.165, 1.54) is 24.4 Å². The molecule has 1 N–H and O–H groups in total. The summed E-state index contributed by atoms with van der Waals surface area (Å²) in [6.45, 7) is 0. The Bertz CT molecular complexity index is 1480. The van der Waals surface area contributed by atoms with Crippen molar-refractivity contribution in [3.8, 4) is 0 Å². The van der Waals surface area contributed by atoms with Crippen LogP contribution in [0.15, 0.2) is 90.2 Å². The number of benzene rings is 3. The molecule has 194 valence electrons. The summed E-state index contributed by atoms with van der Waals surface area (Å²) in [4.78, 5) is 29.1. The van der Waals surface area contributed by atoms with Crippen molar-refractivity contribution in [1.29, 1.82) is 0 Å². The van der Waals surface area contributed by atoms with Gasteiger partial charge in [-0.1, -0.05) is 41.9 Å². The molecule has 3 aromatic carbocycles. The van der Waals surface area contributed by atoms with Crippen LogP contribution in [0, 0.1) is 16.5 Å². The molecule has 11 heteroatoms. The Labute approximate surface area is 218 Å². The highest BCUT2D eigenvalue weighted by molar-refractivity contribution is 6.30. The van der Waals surface area contributed by atoms with E-state index in [1.54, 1.807) is 30.3 Å². The Morgan fingerprint density at radius 1 is 0.947 bits per heavy atom. The highest BCUT2D eigenvalue weighted by Crippen LogP contribution is 2.37. The summed E-state index contributed by atoms with van der Waals surface area (Å²) in [5, 5.41) is 5.72. The monoisotopic (exact) mass is 545 g/mol. The Balaban J connectivity index is 1.95. The van der Waals surface area contributed by atoms with E-state index in [1.807, 2.05) is 0 Å². The van der Waals surface area contributed by atoms with E-state index < -0.39 is 40.4 Å². The van der Waals surface area contributed by atoms with Gasteiger partial charge in [0.15, 0.2) is 0 Å². The number of rotatable bonds is 7. The Hall–Kier alpha value is -4.18. The fourth-order valence-corrected chi connectivity index (χ4v) is 4.19. The molecule has 0 aliphatic heterocycles. The van der Waals surface area contributed by atoms with Gasteiger partial charge in [-0.05, 0) is 58.8 Å². The third-order valence-electron chi connectivity index (χ3n) is 5.82. The largest absolute Gasteiger partial charge is 0.419 e. The zero-order chi connectivity index (χ0) is 27.5. The molecule has 0 fully saturated rings. The first-order valence-electron chi connectivity index (χ1n) is 11.0. The molecule has 1 aromatic heterocycles. The van der Waals surface area contributed by atoms with Gasteiger partial charge in [0.25, 0.3) is 5.91 Å². The summed E-state index contributed by atoms with van der Waals surface area (Å²) in [6.07, 6.45) is -3.84. The van der Waals surface area contributed by atoms with Gasteiger partial charge < -0.3 is 5.32 Å². The number of nitroso groups, excluding NO2 is 1. The second-order valence-electron chi connectivity index (χ2n) is 8.37. The molecular formula is C27H17ClF5N3O2. The maximum Gasteiger partial charge on any atom is 0.419 e. The summed E-state index contributed by atoms with van der Waals surface area (Å²) in [5.74, 6) is -3.43. The number of carbonyl (C=O) groups excluding carboxylic acids is 1. The minimum Gasteiger partial charge on any atom is -0.337 e. The third-order valence-corrected chi connectivity index (χ3v) is 6.04. The fourth-order valence-electron chi connectivity index (χ4n) is 4.07. The quantitative estimate of drug-likeness (QED) is 0.195. The van der Waals surface area contributed by atoms with Crippen LogP contribution in [0.3, 0.4) is 0 Å².